The summed E-state index contributed by atoms with van der Waals surface area (Å²) >= 11 is 0. The van der Waals surface area contributed by atoms with Crippen LogP contribution >= 0.6 is 12.4 Å². The van der Waals surface area contributed by atoms with Crippen LogP contribution in [-0.2, 0) is 4.79 Å². The van der Waals surface area contributed by atoms with E-state index in [0.717, 1.165) is 70.2 Å². The monoisotopic (exact) mass is 405 g/mol. The highest BCUT2D eigenvalue weighted by Crippen LogP contribution is 2.35. The van der Waals surface area contributed by atoms with Crippen molar-refractivity contribution in [3.8, 4) is 0 Å². The summed E-state index contributed by atoms with van der Waals surface area (Å²) in [6, 6.07) is 9.43. The van der Waals surface area contributed by atoms with Gasteiger partial charge in [-0.2, -0.15) is 0 Å². The summed E-state index contributed by atoms with van der Waals surface area (Å²) in [6.07, 6.45) is 3.97. The van der Waals surface area contributed by atoms with Crippen LogP contribution in [0.5, 0.6) is 0 Å². The fraction of sp³-hybridized carbons (Fsp3) is 0.636. The molecule has 0 bridgehead atoms. The van der Waals surface area contributed by atoms with Gasteiger partial charge < -0.3 is 15.1 Å². The van der Waals surface area contributed by atoms with E-state index in [2.05, 4.69) is 17.1 Å². The molecule has 0 radical (unpaired) electrons. The molecule has 4 rings (SSSR count). The molecule has 28 heavy (non-hydrogen) atoms. The van der Waals surface area contributed by atoms with E-state index in [1.165, 1.54) is 0 Å². The van der Waals surface area contributed by atoms with Crippen LogP contribution in [0.3, 0.4) is 0 Å². The first-order valence-corrected chi connectivity index (χ1v) is 10.4. The average molecular weight is 406 g/mol. The minimum atomic E-state index is -0.458. The van der Waals surface area contributed by atoms with Crippen LogP contribution in [-0.4, -0.2) is 60.9 Å². The lowest BCUT2D eigenvalue weighted by molar-refractivity contribution is -0.143. The highest BCUT2D eigenvalue weighted by atomic mass is 35.5. The lowest BCUT2D eigenvalue weighted by atomic mass is 9.80. The van der Waals surface area contributed by atoms with Crippen molar-refractivity contribution >= 4 is 24.2 Å². The molecule has 3 saturated heterocycles. The van der Waals surface area contributed by atoms with Crippen molar-refractivity contribution in [2.45, 2.75) is 32.6 Å². The van der Waals surface area contributed by atoms with Crippen molar-refractivity contribution in [3.63, 3.8) is 0 Å². The van der Waals surface area contributed by atoms with Crippen LogP contribution in [0.2, 0.25) is 0 Å². The van der Waals surface area contributed by atoms with Gasteiger partial charge >= 0.3 is 0 Å². The molecule has 0 aliphatic carbocycles. The lowest BCUT2D eigenvalue weighted by Gasteiger charge is -2.42. The summed E-state index contributed by atoms with van der Waals surface area (Å²) in [5.74, 6) is 1.74. The minimum Gasteiger partial charge on any atom is -0.342 e. The zero-order valence-corrected chi connectivity index (χ0v) is 17.5. The number of hydrogen-bond acceptors (Lipinski definition) is 3. The summed E-state index contributed by atoms with van der Waals surface area (Å²) in [5, 5.41) is 3.49. The number of carbonyl (C=O) groups excluding carboxylic acids is 2. The highest BCUT2D eigenvalue weighted by molar-refractivity contribution is 5.95. The normalized spacial score (nSPS) is 30.2. The molecule has 3 aliphatic heterocycles. The fourth-order valence-corrected chi connectivity index (χ4v) is 5.15. The third kappa shape index (κ3) is 4.20. The van der Waals surface area contributed by atoms with Crippen LogP contribution in [0, 0.1) is 17.3 Å². The maximum absolute atomic E-state index is 13.4. The van der Waals surface area contributed by atoms with Gasteiger partial charge in [0, 0.05) is 31.7 Å². The van der Waals surface area contributed by atoms with Gasteiger partial charge in [0.2, 0.25) is 5.91 Å². The lowest BCUT2D eigenvalue weighted by Crippen LogP contribution is -2.53. The first-order chi connectivity index (χ1) is 13.1. The molecule has 3 heterocycles. The van der Waals surface area contributed by atoms with E-state index >= 15 is 0 Å². The van der Waals surface area contributed by atoms with Crippen molar-refractivity contribution in [2.75, 3.05) is 39.3 Å². The number of amides is 2. The van der Waals surface area contributed by atoms with E-state index in [1.54, 1.807) is 0 Å². The van der Waals surface area contributed by atoms with Crippen molar-refractivity contribution in [1.29, 1.82) is 0 Å². The average Bonchev–Trinajstić information content (AvgIpc) is 3.06. The van der Waals surface area contributed by atoms with Crippen LogP contribution in [0.25, 0.3) is 0 Å². The van der Waals surface area contributed by atoms with Gasteiger partial charge in [-0.15, -0.1) is 12.4 Å². The Kier molecular flexibility index (Phi) is 6.66. The predicted octanol–water partition coefficient (Wildman–Crippen LogP) is 2.81. The number of likely N-dealkylation sites (tertiary alicyclic amines) is 2. The second-order valence-corrected chi connectivity index (χ2v) is 8.80. The van der Waals surface area contributed by atoms with Crippen LogP contribution in [0.4, 0.5) is 0 Å². The Morgan fingerprint density at radius 1 is 1.00 bits per heavy atom. The number of halogens is 1. The maximum atomic E-state index is 13.4. The van der Waals surface area contributed by atoms with Crippen molar-refractivity contribution in [1.82, 2.24) is 15.1 Å². The second-order valence-electron chi connectivity index (χ2n) is 8.80. The molecular formula is C22H32ClN3O2. The largest absolute Gasteiger partial charge is 0.342 e. The van der Waals surface area contributed by atoms with E-state index in [-0.39, 0.29) is 24.2 Å². The minimum absolute atomic E-state index is 0. The van der Waals surface area contributed by atoms with Crippen LogP contribution < -0.4 is 5.32 Å². The molecule has 3 aliphatic rings. The van der Waals surface area contributed by atoms with Gasteiger partial charge in [-0.05, 0) is 69.7 Å². The van der Waals surface area contributed by atoms with Crippen LogP contribution in [0.15, 0.2) is 30.3 Å². The fourth-order valence-electron chi connectivity index (χ4n) is 5.15. The molecule has 0 saturated carbocycles. The summed E-state index contributed by atoms with van der Waals surface area (Å²) < 4.78 is 0. The molecule has 1 aromatic carbocycles. The first kappa shape index (κ1) is 21.1. The van der Waals surface area contributed by atoms with E-state index in [1.807, 2.05) is 35.2 Å². The summed E-state index contributed by atoms with van der Waals surface area (Å²) in [6.45, 7) is 7.27. The molecule has 3 atom stereocenters. The van der Waals surface area contributed by atoms with Crippen molar-refractivity contribution in [2.24, 2.45) is 17.3 Å². The number of piperidine rings is 1. The smallest absolute Gasteiger partial charge is 0.253 e. The van der Waals surface area contributed by atoms with E-state index in [4.69, 9.17) is 0 Å². The molecule has 1 unspecified atom stereocenters. The SMILES string of the molecule is CC1(C(=O)N2CC[C@@H]3CNC[C@@H]3CC2)CCCN(C(=O)c2ccccc2)C1.Cl. The second kappa shape index (κ2) is 8.83. The number of hydrogen-bond donors (Lipinski definition) is 1. The number of nitrogens with zero attached hydrogens (tertiary/aromatic N) is 2. The molecule has 0 aromatic heterocycles. The molecule has 6 heteroatoms. The quantitative estimate of drug-likeness (QED) is 0.823. The Balaban J connectivity index is 0.00000225. The predicted molar refractivity (Wildman–Crippen MR) is 113 cm³/mol. The zero-order valence-electron chi connectivity index (χ0n) is 16.7. The molecule has 1 aromatic rings. The number of benzene rings is 1. The number of nitrogens with one attached hydrogen (secondary N) is 1. The molecular weight excluding hydrogens is 374 g/mol. The molecule has 154 valence electrons. The van der Waals surface area contributed by atoms with Crippen molar-refractivity contribution < 1.29 is 9.59 Å². The summed E-state index contributed by atoms with van der Waals surface area (Å²) in [5.41, 5.74) is 0.254. The standard InChI is InChI=1S/C22H31N3O2.ClH/c1-22(21(27)24-12-8-18-14-23-15-19(18)9-13-24)10-5-11-25(16-22)20(26)17-6-3-2-4-7-17;/h2-4,6-7,18-19,23H,5,8-16H2,1H3;1H/t18-,19+,22?;. The van der Waals surface area contributed by atoms with E-state index < -0.39 is 5.41 Å². The van der Waals surface area contributed by atoms with Gasteiger partial charge in [-0.25, -0.2) is 0 Å². The van der Waals surface area contributed by atoms with Crippen LogP contribution in [0.1, 0.15) is 43.0 Å². The van der Waals surface area contributed by atoms with E-state index in [9.17, 15) is 9.59 Å². The van der Waals surface area contributed by atoms with Gasteiger partial charge in [-0.3, -0.25) is 9.59 Å². The van der Waals surface area contributed by atoms with Gasteiger partial charge in [-0.1, -0.05) is 18.2 Å². The van der Waals surface area contributed by atoms with Crippen molar-refractivity contribution in [3.05, 3.63) is 35.9 Å². The highest BCUT2D eigenvalue weighted by Gasteiger charge is 2.43. The Labute approximate surface area is 174 Å². The Hall–Kier alpha value is -1.59. The molecule has 3 fully saturated rings. The van der Waals surface area contributed by atoms with Gasteiger partial charge in [0.1, 0.15) is 0 Å². The molecule has 1 N–H and O–H groups in total. The molecule has 0 spiro atoms. The first-order valence-electron chi connectivity index (χ1n) is 10.4. The van der Waals surface area contributed by atoms with E-state index in [0.29, 0.717) is 12.1 Å². The number of carbonyl (C=O) groups is 2. The topological polar surface area (TPSA) is 52.7 Å². The maximum Gasteiger partial charge on any atom is 0.253 e. The summed E-state index contributed by atoms with van der Waals surface area (Å²) in [4.78, 5) is 30.3. The summed E-state index contributed by atoms with van der Waals surface area (Å²) in [7, 11) is 0. The van der Waals surface area contributed by atoms with Gasteiger partial charge in [0.05, 0.1) is 5.41 Å². The molecule has 2 amide bonds. The number of rotatable bonds is 2. The van der Waals surface area contributed by atoms with Gasteiger partial charge in [0.25, 0.3) is 5.91 Å². The Morgan fingerprint density at radius 2 is 1.64 bits per heavy atom. The van der Waals surface area contributed by atoms with Gasteiger partial charge in [0.15, 0.2) is 0 Å². The third-order valence-electron chi connectivity index (χ3n) is 6.83. The Bertz CT molecular complexity index is 684. The number of fused-ring (bicyclic) bond motifs is 1. The zero-order chi connectivity index (χ0) is 18.9. The Morgan fingerprint density at radius 3 is 2.29 bits per heavy atom. The molecule has 5 nitrogen and oxygen atoms in total. The third-order valence-corrected chi connectivity index (χ3v) is 6.83.